The number of carbonyl (C=O) groups excluding carboxylic acids is 2. The van der Waals surface area contributed by atoms with Crippen LogP contribution in [0, 0.1) is 6.92 Å². The number of aryl methyl sites for hydroxylation is 1. The Hall–Kier alpha value is -2.47. The number of nitrogens with zero attached hydrogens (tertiary/aromatic N) is 2. The first-order chi connectivity index (χ1) is 13.3. The van der Waals surface area contributed by atoms with E-state index >= 15 is 0 Å². The highest BCUT2D eigenvalue weighted by molar-refractivity contribution is 8.02. The van der Waals surface area contributed by atoms with Gasteiger partial charge in [0, 0.05) is 29.1 Å². The Labute approximate surface area is 170 Å². The smallest absolute Gasteiger partial charge is 0.309 e. The molecular weight excluding hydrogens is 370 g/mol. The molecule has 2 aromatic rings. The van der Waals surface area contributed by atoms with Crippen LogP contribution in [0.1, 0.15) is 31.9 Å². The number of likely N-dealkylation sites (N-methyl/N-ethyl adjacent to an activating group) is 1. The molecule has 5 nitrogen and oxygen atoms in total. The van der Waals surface area contributed by atoms with Crippen LogP contribution in [-0.2, 0) is 9.67 Å². The van der Waals surface area contributed by atoms with Crippen molar-refractivity contribution in [3.63, 3.8) is 0 Å². The molecule has 28 heavy (non-hydrogen) atoms. The highest BCUT2D eigenvalue weighted by Gasteiger charge is 2.63. The summed E-state index contributed by atoms with van der Waals surface area (Å²) in [5.41, 5.74) is 3.65. The summed E-state index contributed by atoms with van der Waals surface area (Å²) in [4.78, 5) is 29.4. The van der Waals surface area contributed by atoms with Crippen LogP contribution >= 0.6 is 11.8 Å². The molecule has 1 atom stereocenters. The minimum Gasteiger partial charge on any atom is -0.309 e. The highest BCUT2D eigenvalue weighted by Crippen LogP contribution is 2.59. The van der Waals surface area contributed by atoms with Crippen molar-refractivity contribution in [2.24, 2.45) is 0 Å². The fraction of sp³-hybridized carbons (Fsp3) is 0.364. The second-order valence-electron chi connectivity index (χ2n) is 7.95. The molecule has 2 heterocycles. The standard InChI is InChI=1S/C22H25N3O2S/c1-5-24-18-9-7-6-8-17(18)22(19(24)26)25(14-21(3,4)28-22)20(27)23-16-12-10-15(2)11-13-16/h6-13H,5,14H2,1-4H3,(H,23,27). The molecule has 6 heteroatoms. The second kappa shape index (κ2) is 6.55. The largest absolute Gasteiger partial charge is 0.323 e. The molecule has 1 spiro atoms. The number of thioether (sulfide) groups is 1. The Balaban J connectivity index is 1.77. The van der Waals surface area contributed by atoms with Gasteiger partial charge in [-0.15, -0.1) is 11.8 Å². The van der Waals surface area contributed by atoms with Crippen LogP contribution in [0.25, 0.3) is 0 Å². The maximum atomic E-state index is 13.6. The zero-order valence-corrected chi connectivity index (χ0v) is 17.5. The third-order valence-electron chi connectivity index (χ3n) is 5.30. The molecular formula is C22H25N3O2S. The van der Waals surface area contributed by atoms with E-state index in [0.717, 1.165) is 22.5 Å². The molecule has 2 aromatic carbocycles. The van der Waals surface area contributed by atoms with Gasteiger partial charge < -0.3 is 10.2 Å². The Morgan fingerprint density at radius 1 is 1.14 bits per heavy atom. The van der Waals surface area contributed by atoms with E-state index < -0.39 is 4.87 Å². The van der Waals surface area contributed by atoms with Gasteiger partial charge in [-0.2, -0.15) is 0 Å². The number of hydrogen-bond donors (Lipinski definition) is 1. The number of hydrogen-bond acceptors (Lipinski definition) is 3. The van der Waals surface area contributed by atoms with Gasteiger partial charge in [0.05, 0.1) is 5.69 Å². The van der Waals surface area contributed by atoms with Crippen LogP contribution in [0.2, 0.25) is 0 Å². The number of anilines is 2. The zero-order valence-electron chi connectivity index (χ0n) is 16.7. The third-order valence-corrected chi connectivity index (χ3v) is 6.89. The molecule has 1 fully saturated rings. The molecule has 0 aliphatic carbocycles. The Morgan fingerprint density at radius 3 is 2.50 bits per heavy atom. The van der Waals surface area contributed by atoms with Crippen LogP contribution < -0.4 is 10.2 Å². The summed E-state index contributed by atoms with van der Waals surface area (Å²) in [6.07, 6.45) is 0. The molecule has 3 amide bonds. The van der Waals surface area contributed by atoms with Crippen LogP contribution in [0.5, 0.6) is 0 Å². The first-order valence-corrected chi connectivity index (χ1v) is 10.4. The number of urea groups is 1. The van der Waals surface area contributed by atoms with E-state index in [4.69, 9.17) is 0 Å². The molecule has 0 bridgehead atoms. The minimum absolute atomic E-state index is 0.0363. The van der Waals surface area contributed by atoms with Crippen LogP contribution in [0.15, 0.2) is 48.5 Å². The topological polar surface area (TPSA) is 52.7 Å². The molecule has 1 unspecified atom stereocenters. The zero-order chi connectivity index (χ0) is 20.1. The second-order valence-corrected chi connectivity index (χ2v) is 9.85. The number of para-hydroxylation sites is 1. The summed E-state index contributed by atoms with van der Waals surface area (Å²) in [5, 5.41) is 2.99. The average Bonchev–Trinajstić information content (AvgIpc) is 3.09. The van der Waals surface area contributed by atoms with Crippen molar-refractivity contribution < 1.29 is 9.59 Å². The van der Waals surface area contributed by atoms with Gasteiger partial charge in [-0.3, -0.25) is 9.69 Å². The molecule has 2 aliphatic rings. The van der Waals surface area contributed by atoms with Gasteiger partial charge in [0.15, 0.2) is 4.87 Å². The van der Waals surface area contributed by atoms with E-state index in [-0.39, 0.29) is 16.7 Å². The van der Waals surface area contributed by atoms with Gasteiger partial charge >= 0.3 is 6.03 Å². The summed E-state index contributed by atoms with van der Waals surface area (Å²) in [7, 11) is 0. The van der Waals surface area contributed by atoms with Gasteiger partial charge in [-0.25, -0.2) is 4.79 Å². The number of carbonyl (C=O) groups is 2. The van der Waals surface area contributed by atoms with Crippen molar-refractivity contribution in [2.75, 3.05) is 23.3 Å². The first kappa shape index (κ1) is 18.9. The first-order valence-electron chi connectivity index (χ1n) is 9.55. The lowest BCUT2D eigenvalue weighted by Crippen LogP contribution is -2.51. The maximum absolute atomic E-state index is 13.6. The molecule has 0 aromatic heterocycles. The third kappa shape index (κ3) is 2.78. The van der Waals surface area contributed by atoms with Crippen LogP contribution in [0.4, 0.5) is 16.2 Å². The molecule has 146 valence electrons. The predicted octanol–water partition coefficient (Wildman–Crippen LogP) is 4.57. The van der Waals surface area contributed by atoms with E-state index in [2.05, 4.69) is 19.2 Å². The predicted molar refractivity (Wildman–Crippen MR) is 115 cm³/mol. The summed E-state index contributed by atoms with van der Waals surface area (Å²) >= 11 is 1.57. The van der Waals surface area contributed by atoms with Gasteiger partial charge in [-0.1, -0.05) is 35.9 Å². The number of rotatable bonds is 2. The molecule has 1 saturated heterocycles. The van der Waals surface area contributed by atoms with Crippen molar-refractivity contribution in [1.82, 2.24) is 4.90 Å². The Kier molecular flexibility index (Phi) is 4.42. The van der Waals surface area contributed by atoms with Gasteiger partial charge in [0.25, 0.3) is 5.91 Å². The summed E-state index contributed by atoms with van der Waals surface area (Å²) in [6.45, 7) is 9.22. The van der Waals surface area contributed by atoms with Crippen molar-refractivity contribution in [2.45, 2.75) is 37.3 Å². The van der Waals surface area contributed by atoms with Gasteiger partial charge in [0.1, 0.15) is 0 Å². The fourth-order valence-electron chi connectivity index (χ4n) is 4.10. The van der Waals surface area contributed by atoms with Crippen molar-refractivity contribution in [3.05, 3.63) is 59.7 Å². The number of nitrogens with one attached hydrogen (secondary N) is 1. The van der Waals surface area contributed by atoms with Gasteiger partial charge in [-0.05, 0) is 45.9 Å². The van der Waals surface area contributed by atoms with E-state index in [1.165, 1.54) is 0 Å². The monoisotopic (exact) mass is 395 g/mol. The number of benzene rings is 2. The minimum atomic E-state index is -1.02. The highest BCUT2D eigenvalue weighted by atomic mass is 32.2. The van der Waals surface area contributed by atoms with Crippen LogP contribution in [0.3, 0.4) is 0 Å². The normalized spacial score (nSPS) is 22.6. The lowest BCUT2D eigenvalue weighted by Gasteiger charge is -2.33. The Bertz CT molecular complexity index is 941. The Morgan fingerprint density at radius 2 is 1.82 bits per heavy atom. The molecule has 2 aliphatic heterocycles. The average molecular weight is 396 g/mol. The molecule has 4 rings (SSSR count). The molecule has 0 saturated carbocycles. The lowest BCUT2D eigenvalue weighted by atomic mass is 10.1. The van der Waals surface area contributed by atoms with E-state index in [1.807, 2.05) is 62.4 Å². The SMILES string of the molecule is CCN1C(=O)C2(SC(C)(C)CN2C(=O)Nc2ccc(C)cc2)c2ccccc21. The molecule has 1 N–H and O–H groups in total. The number of amides is 3. The van der Waals surface area contributed by atoms with E-state index in [9.17, 15) is 9.59 Å². The number of fused-ring (bicyclic) bond motifs is 2. The summed E-state index contributed by atoms with van der Waals surface area (Å²) < 4.78 is -0.239. The summed E-state index contributed by atoms with van der Waals surface area (Å²) in [6, 6.07) is 15.3. The summed E-state index contributed by atoms with van der Waals surface area (Å²) in [5.74, 6) is -0.0363. The quantitative estimate of drug-likeness (QED) is 0.810. The molecule has 0 radical (unpaired) electrons. The van der Waals surface area contributed by atoms with E-state index in [0.29, 0.717) is 13.1 Å². The fourth-order valence-corrected chi connectivity index (χ4v) is 5.83. The lowest BCUT2D eigenvalue weighted by molar-refractivity contribution is -0.123. The van der Waals surface area contributed by atoms with Crippen molar-refractivity contribution in [3.8, 4) is 0 Å². The van der Waals surface area contributed by atoms with Crippen molar-refractivity contribution in [1.29, 1.82) is 0 Å². The van der Waals surface area contributed by atoms with Gasteiger partial charge in [0.2, 0.25) is 0 Å². The van der Waals surface area contributed by atoms with Crippen LogP contribution in [-0.4, -0.2) is 34.7 Å². The maximum Gasteiger partial charge on any atom is 0.323 e. The van der Waals surface area contributed by atoms with Crippen molar-refractivity contribution >= 4 is 35.1 Å². The van der Waals surface area contributed by atoms with E-state index in [1.54, 1.807) is 21.6 Å².